The van der Waals surface area contributed by atoms with Crippen LogP contribution in [0.5, 0.6) is 11.5 Å². The highest BCUT2D eigenvalue weighted by atomic mass is 79.9. The molecule has 1 aliphatic rings. The summed E-state index contributed by atoms with van der Waals surface area (Å²) in [6.07, 6.45) is 3.76. The lowest BCUT2D eigenvalue weighted by Crippen LogP contribution is -2.29. The van der Waals surface area contributed by atoms with Crippen molar-refractivity contribution in [3.05, 3.63) is 80.8 Å². The molecule has 0 radical (unpaired) electrons. The molecule has 0 bridgehead atoms. The van der Waals surface area contributed by atoms with Crippen LogP contribution < -0.4 is 19.7 Å². The van der Waals surface area contributed by atoms with E-state index in [9.17, 15) is 0 Å². The number of ether oxygens (including phenoxy) is 2. The van der Waals surface area contributed by atoms with Crippen LogP contribution in [0.2, 0.25) is 5.02 Å². The van der Waals surface area contributed by atoms with Crippen molar-refractivity contribution in [2.45, 2.75) is 39.3 Å². The average Bonchev–Trinajstić information content (AvgIpc) is 2.83. The first kappa shape index (κ1) is 23.8. The molecule has 3 aromatic rings. The van der Waals surface area contributed by atoms with Gasteiger partial charge in [0.25, 0.3) is 0 Å². The molecule has 1 N–H and O–H groups in total. The first-order valence-electron chi connectivity index (χ1n) is 11.4. The molecule has 0 aliphatic carbocycles. The summed E-state index contributed by atoms with van der Waals surface area (Å²) in [5.41, 5.74) is 5.43. The van der Waals surface area contributed by atoms with E-state index in [2.05, 4.69) is 69.5 Å². The van der Waals surface area contributed by atoms with Crippen molar-refractivity contribution in [2.24, 2.45) is 0 Å². The molecule has 0 unspecified atom stereocenters. The molecule has 33 heavy (non-hydrogen) atoms. The second-order valence-electron chi connectivity index (χ2n) is 8.40. The minimum absolute atomic E-state index is 0.469. The Bertz CT molecular complexity index is 1080. The van der Waals surface area contributed by atoms with Gasteiger partial charge in [0.05, 0.1) is 17.8 Å². The number of nitrogens with zero attached hydrogens (tertiary/aromatic N) is 1. The Kier molecular flexibility index (Phi) is 8.05. The third kappa shape index (κ3) is 5.96. The number of hydrogen-bond acceptors (Lipinski definition) is 4. The van der Waals surface area contributed by atoms with Crippen LogP contribution in [0.3, 0.4) is 0 Å². The number of methoxy groups -OCH3 is 1. The highest BCUT2D eigenvalue weighted by Crippen LogP contribution is 2.38. The third-order valence-electron chi connectivity index (χ3n) is 6.00. The molecule has 1 saturated heterocycles. The topological polar surface area (TPSA) is 33.7 Å². The molecule has 174 valence electrons. The highest BCUT2D eigenvalue weighted by molar-refractivity contribution is 9.10. The van der Waals surface area contributed by atoms with E-state index in [0.29, 0.717) is 18.9 Å². The number of aryl methyl sites for hydroxylation is 1. The fourth-order valence-electron chi connectivity index (χ4n) is 4.10. The maximum absolute atomic E-state index is 6.65. The van der Waals surface area contributed by atoms with Crippen LogP contribution in [0.25, 0.3) is 0 Å². The second-order valence-corrected chi connectivity index (χ2v) is 9.66. The first-order chi connectivity index (χ1) is 16.0. The first-order valence-corrected chi connectivity index (χ1v) is 12.5. The van der Waals surface area contributed by atoms with Gasteiger partial charge in [-0.05, 0) is 62.1 Å². The lowest BCUT2D eigenvalue weighted by molar-refractivity contribution is 0.281. The van der Waals surface area contributed by atoms with Crippen molar-refractivity contribution in [1.82, 2.24) is 0 Å². The fraction of sp³-hybridized carbons (Fsp3) is 0.333. The zero-order valence-corrected chi connectivity index (χ0v) is 21.5. The second kappa shape index (κ2) is 11.2. The number of anilines is 2. The fourth-order valence-corrected chi connectivity index (χ4v) is 4.86. The van der Waals surface area contributed by atoms with Gasteiger partial charge in [-0.2, -0.15) is 0 Å². The van der Waals surface area contributed by atoms with Gasteiger partial charge >= 0.3 is 0 Å². The van der Waals surface area contributed by atoms with Gasteiger partial charge in [0.1, 0.15) is 6.61 Å². The van der Waals surface area contributed by atoms with E-state index in [-0.39, 0.29) is 0 Å². The molecule has 1 heterocycles. The predicted octanol–water partition coefficient (Wildman–Crippen LogP) is 7.60. The van der Waals surface area contributed by atoms with Gasteiger partial charge in [0.2, 0.25) is 0 Å². The molecule has 0 saturated carbocycles. The molecular weight excluding hydrogens is 500 g/mol. The van der Waals surface area contributed by atoms with E-state index < -0.39 is 0 Å². The van der Waals surface area contributed by atoms with Gasteiger partial charge in [-0.1, -0.05) is 57.4 Å². The number of hydrogen-bond donors (Lipinski definition) is 1. The molecule has 4 nitrogen and oxygen atoms in total. The summed E-state index contributed by atoms with van der Waals surface area (Å²) < 4.78 is 12.8. The van der Waals surface area contributed by atoms with Crippen LogP contribution in [0.1, 0.15) is 36.0 Å². The molecule has 3 aromatic carbocycles. The lowest BCUT2D eigenvalue weighted by atomic mass is 10.1. The Morgan fingerprint density at radius 3 is 2.45 bits per heavy atom. The molecule has 0 atom stereocenters. The Morgan fingerprint density at radius 2 is 1.76 bits per heavy atom. The quantitative estimate of drug-likeness (QED) is 0.326. The third-order valence-corrected chi connectivity index (χ3v) is 7.05. The minimum Gasteiger partial charge on any atom is -0.493 e. The molecule has 0 amide bonds. The van der Waals surface area contributed by atoms with Crippen LogP contribution in [-0.4, -0.2) is 20.2 Å². The highest BCUT2D eigenvalue weighted by Gasteiger charge is 2.17. The average molecular weight is 530 g/mol. The summed E-state index contributed by atoms with van der Waals surface area (Å²) in [6.45, 7) is 5.27. The standard InChI is InChI=1S/C27H30BrClN2O2/c1-19-6-8-20(9-7-19)18-33-27-22(23(28)11-13-26(27)32-2)17-30-21-10-12-25(24(29)16-21)31-14-4-3-5-15-31/h6-13,16,30H,3-5,14-15,17-18H2,1-2H3. The normalized spacial score (nSPS) is 13.6. The number of benzene rings is 3. The van der Waals surface area contributed by atoms with E-state index >= 15 is 0 Å². The predicted molar refractivity (Wildman–Crippen MR) is 141 cm³/mol. The molecular formula is C27H30BrClN2O2. The van der Waals surface area contributed by atoms with E-state index in [1.165, 1.54) is 24.8 Å². The maximum Gasteiger partial charge on any atom is 0.167 e. The molecule has 1 aliphatic heterocycles. The molecule has 0 aromatic heterocycles. The van der Waals surface area contributed by atoms with Crippen LogP contribution in [-0.2, 0) is 13.2 Å². The Hall–Kier alpha value is -2.37. The van der Waals surface area contributed by atoms with Gasteiger partial charge in [0, 0.05) is 35.4 Å². The molecule has 6 heteroatoms. The summed E-state index contributed by atoms with van der Waals surface area (Å²) >= 11 is 10.3. The van der Waals surface area contributed by atoms with Gasteiger partial charge in [-0.3, -0.25) is 0 Å². The Labute approximate surface area is 210 Å². The van der Waals surface area contributed by atoms with E-state index in [4.69, 9.17) is 21.1 Å². The SMILES string of the molecule is COc1ccc(Br)c(CNc2ccc(N3CCCCC3)c(Cl)c2)c1OCc1ccc(C)cc1. The van der Waals surface area contributed by atoms with E-state index in [0.717, 1.165) is 50.8 Å². The summed E-state index contributed by atoms with van der Waals surface area (Å²) in [4.78, 5) is 2.38. The van der Waals surface area contributed by atoms with Crippen LogP contribution in [0, 0.1) is 6.92 Å². The van der Waals surface area contributed by atoms with Gasteiger partial charge in [0.15, 0.2) is 11.5 Å². The van der Waals surface area contributed by atoms with Crippen molar-refractivity contribution in [3.63, 3.8) is 0 Å². The molecule has 0 spiro atoms. The van der Waals surface area contributed by atoms with Crippen molar-refractivity contribution in [2.75, 3.05) is 30.4 Å². The smallest absolute Gasteiger partial charge is 0.167 e. The summed E-state index contributed by atoms with van der Waals surface area (Å²) in [7, 11) is 1.66. The van der Waals surface area contributed by atoms with Gasteiger partial charge in [-0.15, -0.1) is 0 Å². The van der Waals surface area contributed by atoms with E-state index in [1.807, 2.05) is 18.2 Å². The number of rotatable bonds is 8. The molecule has 1 fully saturated rings. The number of piperidine rings is 1. The summed E-state index contributed by atoms with van der Waals surface area (Å²) in [5, 5.41) is 4.28. The zero-order valence-electron chi connectivity index (χ0n) is 19.2. The van der Waals surface area contributed by atoms with Crippen molar-refractivity contribution in [3.8, 4) is 11.5 Å². The van der Waals surface area contributed by atoms with Crippen molar-refractivity contribution < 1.29 is 9.47 Å². The van der Waals surface area contributed by atoms with E-state index in [1.54, 1.807) is 7.11 Å². The summed E-state index contributed by atoms with van der Waals surface area (Å²) in [5.74, 6) is 1.44. The Balaban J connectivity index is 1.50. The minimum atomic E-state index is 0.469. The van der Waals surface area contributed by atoms with Gasteiger partial charge < -0.3 is 19.7 Å². The largest absolute Gasteiger partial charge is 0.493 e. The van der Waals surface area contributed by atoms with Crippen molar-refractivity contribution >= 4 is 38.9 Å². The Morgan fingerprint density at radius 1 is 1.00 bits per heavy atom. The summed E-state index contributed by atoms with van der Waals surface area (Å²) in [6, 6.07) is 18.5. The number of halogens is 2. The van der Waals surface area contributed by atoms with Crippen LogP contribution in [0.4, 0.5) is 11.4 Å². The van der Waals surface area contributed by atoms with Gasteiger partial charge in [-0.25, -0.2) is 0 Å². The van der Waals surface area contributed by atoms with Crippen LogP contribution in [0.15, 0.2) is 59.1 Å². The lowest BCUT2D eigenvalue weighted by Gasteiger charge is -2.29. The monoisotopic (exact) mass is 528 g/mol. The molecule has 4 rings (SSSR count). The number of nitrogens with one attached hydrogen (secondary N) is 1. The zero-order chi connectivity index (χ0) is 23.2. The van der Waals surface area contributed by atoms with Crippen molar-refractivity contribution in [1.29, 1.82) is 0 Å². The van der Waals surface area contributed by atoms with Crippen LogP contribution >= 0.6 is 27.5 Å². The maximum atomic E-state index is 6.65.